The lowest BCUT2D eigenvalue weighted by Crippen LogP contribution is -2.27. The first kappa shape index (κ1) is 17.7. The summed E-state index contributed by atoms with van der Waals surface area (Å²) in [5.41, 5.74) is 1.19. The van der Waals surface area contributed by atoms with Crippen LogP contribution in [0, 0.1) is 6.92 Å². The fourth-order valence-corrected chi connectivity index (χ4v) is 4.12. The second kappa shape index (κ2) is 6.99. The molecule has 132 valence electrons. The third kappa shape index (κ3) is 3.76. The van der Waals surface area contributed by atoms with Crippen LogP contribution in [0.15, 0.2) is 52.3 Å². The number of hydrogen-bond acceptors (Lipinski definition) is 4. The van der Waals surface area contributed by atoms with Gasteiger partial charge in [0.1, 0.15) is 4.90 Å². The van der Waals surface area contributed by atoms with Gasteiger partial charge in [0, 0.05) is 19.3 Å². The highest BCUT2D eigenvalue weighted by Gasteiger charge is 2.17. The predicted molar refractivity (Wildman–Crippen MR) is 95.4 cm³/mol. The zero-order chi connectivity index (χ0) is 18.0. The van der Waals surface area contributed by atoms with Gasteiger partial charge in [-0.2, -0.15) is 0 Å². The minimum Gasteiger partial charge on any atom is -0.250 e. The van der Waals surface area contributed by atoms with Gasteiger partial charge in [0.25, 0.3) is 0 Å². The van der Waals surface area contributed by atoms with Crippen molar-refractivity contribution in [3.63, 3.8) is 0 Å². The molecule has 1 aromatic carbocycles. The van der Waals surface area contributed by atoms with E-state index in [1.54, 1.807) is 36.5 Å². The summed E-state index contributed by atoms with van der Waals surface area (Å²) in [5.74, 6) is 0. The number of nitrogens with zero attached hydrogens (tertiary/aromatic N) is 3. The number of rotatable bonds is 6. The molecule has 0 radical (unpaired) electrons. The van der Waals surface area contributed by atoms with Crippen molar-refractivity contribution in [2.45, 2.75) is 24.8 Å². The smallest absolute Gasteiger partial charge is 0.250 e. The van der Waals surface area contributed by atoms with Crippen LogP contribution in [-0.2, 0) is 16.6 Å². The monoisotopic (exact) mass is 380 g/mol. The van der Waals surface area contributed by atoms with E-state index in [2.05, 4.69) is 9.82 Å². The van der Waals surface area contributed by atoms with Crippen LogP contribution < -0.4 is 10.4 Å². The highest BCUT2D eigenvalue weighted by Crippen LogP contribution is 2.22. The lowest BCUT2D eigenvalue weighted by Gasteiger charge is -2.08. The van der Waals surface area contributed by atoms with Gasteiger partial charge >= 0.3 is 5.69 Å². The third-order valence-electron chi connectivity index (χ3n) is 3.70. The number of nitrogens with one attached hydrogen (secondary N) is 1. The molecule has 0 aliphatic heterocycles. The molecule has 7 nitrogen and oxygen atoms in total. The van der Waals surface area contributed by atoms with Crippen LogP contribution in [0.3, 0.4) is 0 Å². The van der Waals surface area contributed by atoms with Gasteiger partial charge in [0.15, 0.2) is 5.65 Å². The topological polar surface area (TPSA) is 85.5 Å². The Morgan fingerprint density at radius 1 is 1.24 bits per heavy atom. The molecule has 0 atom stereocenters. The molecule has 0 amide bonds. The molecule has 2 aromatic heterocycles. The first-order valence-corrected chi connectivity index (χ1v) is 9.54. The normalized spacial score (nSPS) is 11.9. The van der Waals surface area contributed by atoms with E-state index in [-0.39, 0.29) is 22.2 Å². The van der Waals surface area contributed by atoms with Crippen molar-refractivity contribution >= 4 is 27.3 Å². The maximum atomic E-state index is 12.3. The van der Waals surface area contributed by atoms with Gasteiger partial charge in [-0.1, -0.05) is 23.7 Å². The molecule has 0 aliphatic carbocycles. The summed E-state index contributed by atoms with van der Waals surface area (Å²) >= 11 is 6.01. The Balaban J connectivity index is 1.64. The molecule has 0 saturated carbocycles. The average molecular weight is 381 g/mol. The van der Waals surface area contributed by atoms with Gasteiger partial charge in [0.2, 0.25) is 10.0 Å². The second-order valence-electron chi connectivity index (χ2n) is 5.62. The van der Waals surface area contributed by atoms with E-state index in [4.69, 9.17) is 11.6 Å². The molecule has 3 aromatic rings. The van der Waals surface area contributed by atoms with Crippen LogP contribution >= 0.6 is 11.6 Å². The molecule has 0 bridgehead atoms. The van der Waals surface area contributed by atoms with E-state index >= 15 is 0 Å². The number of pyridine rings is 1. The minimum atomic E-state index is -3.69. The molecule has 0 spiro atoms. The Morgan fingerprint density at radius 2 is 2.04 bits per heavy atom. The molecule has 0 saturated heterocycles. The van der Waals surface area contributed by atoms with Crippen molar-refractivity contribution in [1.82, 2.24) is 18.9 Å². The Kier molecular flexibility index (Phi) is 4.94. The van der Waals surface area contributed by atoms with Crippen LogP contribution in [0.1, 0.15) is 12.0 Å². The lowest BCUT2D eigenvalue weighted by molar-refractivity contribution is 0.543. The van der Waals surface area contributed by atoms with Crippen LogP contribution in [0.25, 0.3) is 5.65 Å². The molecule has 3 rings (SSSR count). The number of halogens is 1. The molecule has 2 heterocycles. The number of aryl methyl sites for hydroxylation is 2. The van der Waals surface area contributed by atoms with Gasteiger partial charge in [-0.25, -0.2) is 22.6 Å². The highest BCUT2D eigenvalue weighted by molar-refractivity contribution is 7.89. The van der Waals surface area contributed by atoms with Crippen molar-refractivity contribution in [2.24, 2.45) is 0 Å². The Bertz CT molecular complexity index is 1070. The molecule has 1 N–H and O–H groups in total. The summed E-state index contributed by atoms with van der Waals surface area (Å²) in [6, 6.07) is 10.1. The molecular formula is C16H17ClN4O3S. The standard InChI is InChI=1S/C16H17ClN4O3S/c1-12-6-7-14(13(17)11-12)25(23,24)18-8-4-10-21-16(22)20-9-3-2-5-15(20)19-21/h2-3,5-7,9,11,18H,4,8,10H2,1H3. The van der Waals surface area contributed by atoms with Gasteiger partial charge < -0.3 is 0 Å². The fraction of sp³-hybridized carbons (Fsp3) is 0.250. The molecule has 9 heteroatoms. The summed E-state index contributed by atoms with van der Waals surface area (Å²) in [6.07, 6.45) is 2.07. The van der Waals surface area contributed by atoms with E-state index in [9.17, 15) is 13.2 Å². The van der Waals surface area contributed by atoms with Crippen LogP contribution in [0.2, 0.25) is 5.02 Å². The third-order valence-corrected chi connectivity index (χ3v) is 5.65. The molecular weight excluding hydrogens is 364 g/mol. The van der Waals surface area contributed by atoms with Gasteiger partial charge in [-0.15, -0.1) is 5.10 Å². The maximum absolute atomic E-state index is 12.3. The van der Waals surface area contributed by atoms with E-state index < -0.39 is 10.0 Å². The van der Waals surface area contributed by atoms with Gasteiger partial charge in [0.05, 0.1) is 5.02 Å². The van der Waals surface area contributed by atoms with Crippen molar-refractivity contribution in [2.75, 3.05) is 6.54 Å². The van der Waals surface area contributed by atoms with Gasteiger partial charge in [-0.3, -0.25) is 4.40 Å². The largest absolute Gasteiger partial charge is 0.350 e. The summed E-state index contributed by atoms with van der Waals surface area (Å²) < 4.78 is 29.9. The Morgan fingerprint density at radius 3 is 2.76 bits per heavy atom. The second-order valence-corrected chi connectivity index (χ2v) is 7.76. The number of sulfonamides is 1. The van der Waals surface area contributed by atoms with Crippen LogP contribution in [0.5, 0.6) is 0 Å². The van der Waals surface area contributed by atoms with E-state index in [1.807, 2.05) is 6.92 Å². The highest BCUT2D eigenvalue weighted by atomic mass is 35.5. The van der Waals surface area contributed by atoms with E-state index in [1.165, 1.54) is 15.1 Å². The number of hydrogen-bond donors (Lipinski definition) is 1. The van der Waals surface area contributed by atoms with Crippen LogP contribution in [0.4, 0.5) is 0 Å². The quantitative estimate of drug-likeness (QED) is 0.661. The summed E-state index contributed by atoms with van der Waals surface area (Å²) in [7, 11) is -3.69. The zero-order valence-corrected chi connectivity index (χ0v) is 15.1. The minimum absolute atomic E-state index is 0.0460. The van der Waals surface area contributed by atoms with E-state index in [0.717, 1.165) is 5.56 Å². The van der Waals surface area contributed by atoms with E-state index in [0.29, 0.717) is 18.6 Å². The molecule has 0 aliphatic rings. The first-order valence-electron chi connectivity index (χ1n) is 7.68. The van der Waals surface area contributed by atoms with Crippen molar-refractivity contribution in [3.8, 4) is 0 Å². The SMILES string of the molecule is Cc1ccc(S(=O)(=O)NCCCn2nc3ccccn3c2=O)c(Cl)c1. The zero-order valence-electron chi connectivity index (χ0n) is 13.5. The summed E-state index contributed by atoms with van der Waals surface area (Å²) in [4.78, 5) is 12.2. The molecule has 0 fully saturated rings. The predicted octanol–water partition coefficient (Wildman–Crippen LogP) is 1.83. The average Bonchev–Trinajstić information content (AvgIpc) is 2.88. The number of benzene rings is 1. The lowest BCUT2D eigenvalue weighted by atomic mass is 10.2. The van der Waals surface area contributed by atoms with Crippen LogP contribution in [-0.4, -0.2) is 29.1 Å². The molecule has 25 heavy (non-hydrogen) atoms. The van der Waals surface area contributed by atoms with Crippen molar-refractivity contribution in [1.29, 1.82) is 0 Å². The first-order chi connectivity index (χ1) is 11.9. The summed E-state index contributed by atoms with van der Waals surface area (Å²) in [6.45, 7) is 2.32. The Labute approximate surface area is 149 Å². The Hall–Kier alpha value is -2.16. The summed E-state index contributed by atoms with van der Waals surface area (Å²) in [5, 5.41) is 4.38. The molecule has 0 unspecified atom stereocenters. The number of fused-ring (bicyclic) bond motifs is 1. The van der Waals surface area contributed by atoms with Gasteiger partial charge in [-0.05, 0) is 43.2 Å². The van der Waals surface area contributed by atoms with Crippen molar-refractivity contribution in [3.05, 3.63) is 63.7 Å². The fourth-order valence-electron chi connectivity index (χ4n) is 2.45. The van der Waals surface area contributed by atoms with Crippen molar-refractivity contribution < 1.29 is 8.42 Å². The number of aromatic nitrogens is 3. The maximum Gasteiger partial charge on any atom is 0.350 e.